The maximum absolute atomic E-state index is 11.0. The molecule has 3 heteroatoms. The minimum atomic E-state index is -0.296. The maximum atomic E-state index is 11.0. The zero-order chi connectivity index (χ0) is 8.97. The van der Waals surface area contributed by atoms with E-state index in [4.69, 9.17) is 11.2 Å². The van der Waals surface area contributed by atoms with Gasteiger partial charge in [0, 0.05) is 13.0 Å². The van der Waals surface area contributed by atoms with Crippen LogP contribution in [-0.2, 0) is 4.74 Å². The Morgan fingerprint density at radius 1 is 1.92 bits per heavy atom. The van der Waals surface area contributed by atoms with E-state index in [1.54, 1.807) is 11.0 Å². The first kappa shape index (κ1) is 8.66. The normalized spacial score (nSPS) is 21.8. The van der Waals surface area contributed by atoms with Gasteiger partial charge in [0.15, 0.2) is 0 Å². The lowest BCUT2D eigenvalue weighted by atomic mass is 10.2. The highest BCUT2D eigenvalue weighted by molar-refractivity contribution is 5.70. The number of hydrogen-bond donors (Lipinski definition) is 0. The minimum Gasteiger partial charge on any atom is -0.447 e. The van der Waals surface area contributed by atoms with Crippen molar-refractivity contribution in [2.24, 2.45) is 0 Å². The van der Waals surface area contributed by atoms with Crippen LogP contribution in [0, 0.1) is 12.3 Å². The van der Waals surface area contributed by atoms with E-state index in [-0.39, 0.29) is 12.1 Å². The van der Waals surface area contributed by atoms with Gasteiger partial charge in [0.25, 0.3) is 0 Å². The van der Waals surface area contributed by atoms with E-state index < -0.39 is 0 Å². The second-order valence-corrected chi connectivity index (χ2v) is 2.58. The van der Waals surface area contributed by atoms with Crippen LogP contribution >= 0.6 is 0 Å². The Balaban J connectivity index is 2.58. The Bertz CT molecular complexity index is 229. The van der Waals surface area contributed by atoms with E-state index in [1.807, 2.05) is 0 Å². The van der Waals surface area contributed by atoms with Crippen molar-refractivity contribution >= 4 is 6.09 Å². The van der Waals surface area contributed by atoms with Crippen LogP contribution in [0.4, 0.5) is 4.79 Å². The molecule has 0 unspecified atom stereocenters. The number of carbonyl (C=O) groups excluding carboxylic acids is 1. The summed E-state index contributed by atoms with van der Waals surface area (Å²) in [4.78, 5) is 12.6. The third-order valence-corrected chi connectivity index (χ3v) is 1.75. The Morgan fingerprint density at radius 2 is 2.67 bits per heavy atom. The van der Waals surface area contributed by atoms with E-state index >= 15 is 0 Å². The zero-order valence-corrected chi connectivity index (χ0v) is 6.82. The summed E-state index contributed by atoms with van der Waals surface area (Å²) in [6.45, 7) is 4.46. The van der Waals surface area contributed by atoms with E-state index in [2.05, 4.69) is 12.5 Å². The van der Waals surface area contributed by atoms with Crippen molar-refractivity contribution in [1.82, 2.24) is 4.90 Å². The van der Waals surface area contributed by atoms with Gasteiger partial charge in [-0.1, -0.05) is 6.08 Å². The Labute approximate surface area is 72.0 Å². The smallest absolute Gasteiger partial charge is 0.410 e. The number of hydrogen-bond acceptors (Lipinski definition) is 2. The summed E-state index contributed by atoms with van der Waals surface area (Å²) >= 11 is 0. The highest BCUT2D eigenvalue weighted by Gasteiger charge is 2.30. The average Bonchev–Trinajstić information content (AvgIpc) is 2.37. The fraction of sp³-hybridized carbons (Fsp3) is 0.444. The van der Waals surface area contributed by atoms with Crippen molar-refractivity contribution in [2.45, 2.75) is 12.5 Å². The number of amides is 1. The fourth-order valence-electron chi connectivity index (χ4n) is 1.16. The van der Waals surface area contributed by atoms with E-state index in [1.165, 1.54) is 0 Å². The molecule has 12 heavy (non-hydrogen) atoms. The molecule has 0 radical (unpaired) electrons. The summed E-state index contributed by atoms with van der Waals surface area (Å²) in [5.74, 6) is 2.51. The molecule has 0 aliphatic carbocycles. The standard InChI is InChI=1S/C9H11NO2/c1-3-5-8-7-12-9(11)10(8)6-4-2/h1,4,8H,2,5-7H2/t8-/m1/s1. The first-order chi connectivity index (χ1) is 5.79. The van der Waals surface area contributed by atoms with Crippen molar-refractivity contribution in [3.05, 3.63) is 12.7 Å². The summed E-state index contributed by atoms with van der Waals surface area (Å²) in [5.41, 5.74) is 0. The van der Waals surface area contributed by atoms with Crippen molar-refractivity contribution in [3.63, 3.8) is 0 Å². The molecule has 1 aliphatic heterocycles. The van der Waals surface area contributed by atoms with Gasteiger partial charge < -0.3 is 4.74 Å². The molecule has 0 spiro atoms. The Morgan fingerprint density at radius 3 is 3.25 bits per heavy atom. The molecule has 0 aromatic heterocycles. The number of ether oxygens (including phenoxy) is 1. The van der Waals surface area contributed by atoms with E-state index in [0.717, 1.165) is 0 Å². The van der Waals surface area contributed by atoms with Crippen LogP contribution in [0.25, 0.3) is 0 Å². The fourth-order valence-corrected chi connectivity index (χ4v) is 1.16. The molecule has 0 N–H and O–H groups in total. The highest BCUT2D eigenvalue weighted by Crippen LogP contribution is 2.14. The number of carbonyl (C=O) groups is 1. The van der Waals surface area contributed by atoms with Crippen LogP contribution in [-0.4, -0.2) is 30.2 Å². The van der Waals surface area contributed by atoms with E-state index in [0.29, 0.717) is 19.6 Å². The SMILES string of the molecule is C#CC[C@@H]1COC(=O)N1CC=C. The molecule has 1 atom stereocenters. The highest BCUT2D eigenvalue weighted by atomic mass is 16.6. The topological polar surface area (TPSA) is 29.5 Å². The van der Waals surface area contributed by atoms with Gasteiger partial charge in [-0.15, -0.1) is 18.9 Å². The molecule has 1 rings (SSSR count). The number of terminal acetylenes is 1. The van der Waals surface area contributed by atoms with Gasteiger partial charge in [-0.05, 0) is 0 Å². The van der Waals surface area contributed by atoms with Crippen molar-refractivity contribution in [1.29, 1.82) is 0 Å². The van der Waals surface area contributed by atoms with E-state index in [9.17, 15) is 4.79 Å². The molecule has 0 aromatic rings. The molecule has 0 aromatic carbocycles. The lowest BCUT2D eigenvalue weighted by Crippen LogP contribution is -2.33. The average molecular weight is 165 g/mol. The molecule has 64 valence electrons. The van der Waals surface area contributed by atoms with Crippen molar-refractivity contribution < 1.29 is 9.53 Å². The van der Waals surface area contributed by atoms with Gasteiger partial charge in [0.1, 0.15) is 6.61 Å². The van der Waals surface area contributed by atoms with Gasteiger partial charge in [0.2, 0.25) is 0 Å². The summed E-state index contributed by atoms with van der Waals surface area (Å²) in [5, 5.41) is 0. The molecule has 1 aliphatic rings. The van der Waals surface area contributed by atoms with Crippen LogP contribution in [0.2, 0.25) is 0 Å². The maximum Gasteiger partial charge on any atom is 0.410 e. The molecule has 0 bridgehead atoms. The van der Waals surface area contributed by atoms with Crippen LogP contribution in [0.15, 0.2) is 12.7 Å². The second kappa shape index (κ2) is 3.82. The third kappa shape index (κ3) is 1.59. The van der Waals surface area contributed by atoms with Crippen LogP contribution in [0.1, 0.15) is 6.42 Å². The lowest BCUT2D eigenvalue weighted by Gasteiger charge is -2.16. The zero-order valence-electron chi connectivity index (χ0n) is 6.82. The van der Waals surface area contributed by atoms with Crippen LogP contribution in [0.3, 0.4) is 0 Å². The summed E-state index contributed by atoms with van der Waals surface area (Å²) < 4.78 is 4.83. The molecule has 3 nitrogen and oxygen atoms in total. The molecular formula is C9H11NO2. The predicted molar refractivity (Wildman–Crippen MR) is 45.5 cm³/mol. The van der Waals surface area contributed by atoms with Gasteiger partial charge in [-0.2, -0.15) is 0 Å². The number of rotatable bonds is 3. The first-order valence-electron chi connectivity index (χ1n) is 3.77. The van der Waals surface area contributed by atoms with Gasteiger partial charge >= 0.3 is 6.09 Å². The molecule has 1 fully saturated rings. The van der Waals surface area contributed by atoms with Crippen LogP contribution in [0.5, 0.6) is 0 Å². The largest absolute Gasteiger partial charge is 0.447 e. The summed E-state index contributed by atoms with van der Waals surface area (Å²) in [6, 6.07) is 0.0282. The summed E-state index contributed by atoms with van der Waals surface area (Å²) in [7, 11) is 0. The minimum absolute atomic E-state index is 0.0282. The molecule has 1 saturated heterocycles. The summed E-state index contributed by atoms with van der Waals surface area (Å²) in [6.07, 6.45) is 7.05. The number of nitrogens with zero attached hydrogens (tertiary/aromatic N) is 1. The lowest BCUT2D eigenvalue weighted by molar-refractivity contribution is 0.160. The van der Waals surface area contributed by atoms with Gasteiger partial charge in [0.05, 0.1) is 6.04 Å². The second-order valence-electron chi connectivity index (χ2n) is 2.58. The molecule has 1 heterocycles. The molecule has 1 amide bonds. The quantitative estimate of drug-likeness (QED) is 0.461. The van der Waals surface area contributed by atoms with Gasteiger partial charge in [-0.3, -0.25) is 4.90 Å². The van der Waals surface area contributed by atoms with Gasteiger partial charge in [-0.25, -0.2) is 4.79 Å². The molecular weight excluding hydrogens is 154 g/mol. The predicted octanol–water partition coefficient (Wildman–Crippen LogP) is 1.02. The van der Waals surface area contributed by atoms with Crippen molar-refractivity contribution in [3.8, 4) is 12.3 Å². The Hall–Kier alpha value is -1.43. The third-order valence-electron chi connectivity index (χ3n) is 1.75. The molecule has 0 saturated carbocycles. The first-order valence-corrected chi connectivity index (χ1v) is 3.77. The monoisotopic (exact) mass is 165 g/mol. The van der Waals surface area contributed by atoms with Crippen LogP contribution < -0.4 is 0 Å². The number of cyclic esters (lactones) is 1. The van der Waals surface area contributed by atoms with Crippen molar-refractivity contribution in [2.75, 3.05) is 13.2 Å². The Kier molecular flexibility index (Phi) is 2.76.